The summed E-state index contributed by atoms with van der Waals surface area (Å²) in [5.41, 5.74) is 0.817. The number of para-hydroxylation sites is 1. The van der Waals surface area contributed by atoms with Crippen LogP contribution in [0.4, 0.5) is 5.69 Å². The van der Waals surface area contributed by atoms with Crippen molar-refractivity contribution in [2.45, 2.75) is 51.0 Å². The minimum atomic E-state index is -0.0371. The fourth-order valence-corrected chi connectivity index (χ4v) is 6.15. The lowest BCUT2D eigenvalue weighted by Crippen LogP contribution is -2.44. The van der Waals surface area contributed by atoms with Crippen LogP contribution in [0.3, 0.4) is 0 Å². The molecule has 2 bridgehead atoms. The van der Waals surface area contributed by atoms with Crippen molar-refractivity contribution in [2.24, 2.45) is 29.6 Å². The van der Waals surface area contributed by atoms with Crippen molar-refractivity contribution in [3.8, 4) is 0 Å². The number of hydrogen-bond acceptors (Lipinski definition) is 3. The highest BCUT2D eigenvalue weighted by molar-refractivity contribution is 6.06. The lowest BCUT2D eigenvalue weighted by molar-refractivity contribution is -0.144. The molecule has 5 nitrogen and oxygen atoms in total. The van der Waals surface area contributed by atoms with Crippen molar-refractivity contribution in [2.75, 3.05) is 5.32 Å². The SMILES string of the molecule is O=C(Nc1ccccc1)C1CCC(N2C(=O)[C@@H]3[C@H]4CC[C@@H](C4)[C@@H]3C2=O)CC1. The summed E-state index contributed by atoms with van der Waals surface area (Å²) in [7, 11) is 0. The number of fused-ring (bicyclic) bond motifs is 5. The summed E-state index contributed by atoms with van der Waals surface area (Å²) < 4.78 is 0. The predicted octanol–water partition coefficient (Wildman–Crippen LogP) is 3.22. The van der Waals surface area contributed by atoms with Crippen molar-refractivity contribution >= 4 is 23.4 Å². The first-order valence-electron chi connectivity index (χ1n) is 10.4. The number of carbonyl (C=O) groups excluding carboxylic acids is 3. The molecule has 0 unspecified atom stereocenters. The molecule has 4 fully saturated rings. The number of nitrogens with one attached hydrogen (secondary N) is 1. The monoisotopic (exact) mass is 366 g/mol. The van der Waals surface area contributed by atoms with Crippen LogP contribution in [0.25, 0.3) is 0 Å². The Morgan fingerprint density at radius 2 is 1.44 bits per heavy atom. The first kappa shape index (κ1) is 17.0. The van der Waals surface area contributed by atoms with Crippen LogP contribution in [0.5, 0.6) is 0 Å². The molecule has 5 heteroatoms. The lowest BCUT2D eigenvalue weighted by Gasteiger charge is -2.33. The number of imide groups is 1. The van der Waals surface area contributed by atoms with Gasteiger partial charge < -0.3 is 5.32 Å². The highest BCUT2D eigenvalue weighted by Gasteiger charge is 2.61. The molecule has 4 aliphatic rings. The van der Waals surface area contributed by atoms with Gasteiger partial charge in [-0.05, 0) is 68.9 Å². The van der Waals surface area contributed by atoms with E-state index in [4.69, 9.17) is 0 Å². The van der Waals surface area contributed by atoms with E-state index < -0.39 is 0 Å². The van der Waals surface area contributed by atoms with E-state index in [0.29, 0.717) is 11.8 Å². The van der Waals surface area contributed by atoms with Crippen LogP contribution in [-0.2, 0) is 14.4 Å². The molecular weight excluding hydrogens is 340 g/mol. The third-order valence-corrected chi connectivity index (χ3v) is 7.44. The summed E-state index contributed by atoms with van der Waals surface area (Å²) in [6.07, 6.45) is 6.28. The first-order chi connectivity index (χ1) is 13.1. The summed E-state index contributed by atoms with van der Waals surface area (Å²) in [6, 6.07) is 9.50. The van der Waals surface area contributed by atoms with Crippen molar-refractivity contribution < 1.29 is 14.4 Å². The third-order valence-electron chi connectivity index (χ3n) is 7.44. The molecule has 1 aromatic rings. The largest absolute Gasteiger partial charge is 0.326 e. The number of amides is 3. The van der Waals surface area contributed by atoms with Gasteiger partial charge in [0.05, 0.1) is 11.8 Å². The van der Waals surface area contributed by atoms with Crippen LogP contribution in [-0.4, -0.2) is 28.7 Å². The summed E-state index contributed by atoms with van der Waals surface area (Å²) >= 11 is 0. The molecule has 1 aromatic carbocycles. The minimum absolute atomic E-state index is 0.00391. The van der Waals surface area contributed by atoms with E-state index in [1.165, 1.54) is 0 Å². The van der Waals surface area contributed by atoms with Gasteiger partial charge in [0.15, 0.2) is 0 Å². The highest BCUT2D eigenvalue weighted by atomic mass is 16.2. The molecule has 1 heterocycles. The zero-order valence-corrected chi connectivity index (χ0v) is 15.5. The van der Waals surface area contributed by atoms with E-state index in [2.05, 4.69) is 5.32 Å². The Labute approximate surface area is 159 Å². The van der Waals surface area contributed by atoms with Gasteiger partial charge in [-0.1, -0.05) is 18.2 Å². The van der Waals surface area contributed by atoms with Gasteiger partial charge in [0.2, 0.25) is 17.7 Å². The zero-order valence-electron chi connectivity index (χ0n) is 15.5. The maximum atomic E-state index is 13.0. The van der Waals surface area contributed by atoms with Crippen LogP contribution in [0, 0.1) is 29.6 Å². The fraction of sp³-hybridized carbons (Fsp3) is 0.591. The third kappa shape index (κ3) is 2.70. The number of hydrogen-bond donors (Lipinski definition) is 1. The number of nitrogens with zero attached hydrogens (tertiary/aromatic N) is 1. The summed E-state index contributed by atoms with van der Waals surface area (Å²) in [6.45, 7) is 0. The number of benzene rings is 1. The van der Waals surface area contributed by atoms with Crippen LogP contribution >= 0.6 is 0 Å². The lowest BCUT2D eigenvalue weighted by atomic mass is 9.81. The first-order valence-corrected chi connectivity index (χ1v) is 10.4. The van der Waals surface area contributed by atoms with Crippen molar-refractivity contribution in [1.29, 1.82) is 0 Å². The second kappa shape index (κ2) is 6.47. The normalized spacial score (nSPS) is 37.6. The van der Waals surface area contributed by atoms with Crippen LogP contribution in [0.15, 0.2) is 30.3 Å². The van der Waals surface area contributed by atoms with E-state index in [-0.39, 0.29) is 41.5 Å². The topological polar surface area (TPSA) is 66.5 Å². The van der Waals surface area contributed by atoms with Crippen molar-refractivity contribution in [3.63, 3.8) is 0 Å². The molecule has 142 valence electrons. The van der Waals surface area contributed by atoms with Gasteiger partial charge >= 0.3 is 0 Å². The Bertz CT molecular complexity index is 741. The Morgan fingerprint density at radius 3 is 2.04 bits per heavy atom. The second-order valence-electron chi connectivity index (χ2n) is 8.79. The number of likely N-dealkylation sites (tertiary alicyclic amines) is 1. The van der Waals surface area contributed by atoms with Crippen LogP contribution in [0.1, 0.15) is 44.9 Å². The van der Waals surface area contributed by atoms with Gasteiger partial charge in [-0.2, -0.15) is 0 Å². The second-order valence-corrected chi connectivity index (χ2v) is 8.79. The molecule has 3 aliphatic carbocycles. The molecule has 3 saturated carbocycles. The highest BCUT2D eigenvalue weighted by Crippen LogP contribution is 2.56. The van der Waals surface area contributed by atoms with Crippen LogP contribution < -0.4 is 5.32 Å². The van der Waals surface area contributed by atoms with E-state index in [1.807, 2.05) is 30.3 Å². The molecule has 0 spiro atoms. The number of rotatable bonds is 3. The molecular formula is C22H26N2O3. The van der Waals surface area contributed by atoms with Gasteiger partial charge in [-0.15, -0.1) is 0 Å². The molecule has 0 radical (unpaired) electrons. The Kier molecular flexibility index (Phi) is 4.06. The maximum absolute atomic E-state index is 13.0. The van der Waals surface area contributed by atoms with Gasteiger partial charge in [0.1, 0.15) is 0 Å². The standard InChI is InChI=1S/C22H26N2O3/c25-20(23-16-4-2-1-3-5-16)13-8-10-17(11-9-13)24-21(26)18-14-6-7-15(12-14)19(18)22(24)27/h1-5,13-15,17-19H,6-12H2,(H,23,25)/t13?,14-,15-,17?,18-,19+/m0/s1. The zero-order chi connectivity index (χ0) is 18.5. The Balaban J connectivity index is 1.22. The van der Waals surface area contributed by atoms with Crippen LogP contribution in [0.2, 0.25) is 0 Å². The Morgan fingerprint density at radius 1 is 0.852 bits per heavy atom. The summed E-state index contributed by atoms with van der Waals surface area (Å²) in [5.74, 6) is 1.01. The fourth-order valence-electron chi connectivity index (χ4n) is 6.15. The van der Waals surface area contributed by atoms with E-state index in [9.17, 15) is 14.4 Å². The molecule has 1 aliphatic heterocycles. The minimum Gasteiger partial charge on any atom is -0.326 e. The van der Waals surface area contributed by atoms with Crippen molar-refractivity contribution in [3.05, 3.63) is 30.3 Å². The maximum Gasteiger partial charge on any atom is 0.233 e. The number of anilines is 1. The molecule has 5 rings (SSSR count). The molecule has 3 amide bonds. The summed E-state index contributed by atoms with van der Waals surface area (Å²) in [5, 5.41) is 2.98. The molecule has 1 N–H and O–H groups in total. The smallest absolute Gasteiger partial charge is 0.233 e. The molecule has 0 aromatic heterocycles. The van der Waals surface area contributed by atoms with E-state index in [0.717, 1.165) is 50.6 Å². The average Bonchev–Trinajstić information content (AvgIpc) is 3.37. The number of carbonyl (C=O) groups is 3. The molecule has 1 saturated heterocycles. The van der Waals surface area contributed by atoms with Gasteiger partial charge in [-0.25, -0.2) is 0 Å². The quantitative estimate of drug-likeness (QED) is 0.836. The van der Waals surface area contributed by atoms with Crippen molar-refractivity contribution in [1.82, 2.24) is 4.90 Å². The molecule has 4 atom stereocenters. The Hall–Kier alpha value is -2.17. The molecule has 27 heavy (non-hydrogen) atoms. The van der Waals surface area contributed by atoms with Gasteiger partial charge in [-0.3, -0.25) is 19.3 Å². The average molecular weight is 366 g/mol. The van der Waals surface area contributed by atoms with Gasteiger partial charge in [0.25, 0.3) is 0 Å². The summed E-state index contributed by atoms with van der Waals surface area (Å²) in [4.78, 5) is 40.1. The van der Waals surface area contributed by atoms with E-state index in [1.54, 1.807) is 4.90 Å². The predicted molar refractivity (Wildman–Crippen MR) is 100 cm³/mol. The van der Waals surface area contributed by atoms with Gasteiger partial charge in [0, 0.05) is 17.6 Å². The van der Waals surface area contributed by atoms with E-state index >= 15 is 0 Å².